The fourth-order valence-corrected chi connectivity index (χ4v) is 2.25. The number of nitrogens with one attached hydrogen (secondary N) is 2. The monoisotopic (exact) mass is 352 g/mol. The van der Waals surface area contributed by atoms with Crippen LogP contribution in [-0.4, -0.2) is 24.0 Å². The highest BCUT2D eigenvalue weighted by molar-refractivity contribution is 6.03. The summed E-state index contributed by atoms with van der Waals surface area (Å²) in [6, 6.07) is 16.6. The molecule has 132 valence electrons. The normalized spacial score (nSPS) is 11.6. The van der Waals surface area contributed by atoms with Gasteiger partial charge in [0.05, 0.1) is 0 Å². The number of fused-ring (bicyclic) bond motifs is 1. The molecule has 2 N–H and O–H groups in total. The van der Waals surface area contributed by atoms with Crippen molar-refractivity contribution < 1.29 is 23.5 Å². The second-order valence-corrected chi connectivity index (χ2v) is 5.51. The Morgan fingerprint density at radius 3 is 2.42 bits per heavy atom. The van der Waals surface area contributed by atoms with Gasteiger partial charge in [-0.25, -0.2) is 9.59 Å². The van der Waals surface area contributed by atoms with E-state index in [1.807, 2.05) is 6.07 Å². The van der Waals surface area contributed by atoms with Gasteiger partial charge in [-0.2, -0.15) is 0 Å². The van der Waals surface area contributed by atoms with E-state index in [0.29, 0.717) is 11.3 Å². The number of carbonyl (C=O) groups excluding carboxylic acids is 3. The molecule has 1 aromatic heterocycles. The van der Waals surface area contributed by atoms with Crippen molar-refractivity contribution in [3.8, 4) is 0 Å². The fourth-order valence-electron chi connectivity index (χ4n) is 2.25. The van der Waals surface area contributed by atoms with Crippen molar-refractivity contribution in [2.45, 2.75) is 13.0 Å². The Hall–Kier alpha value is -3.61. The summed E-state index contributed by atoms with van der Waals surface area (Å²) in [5.74, 6) is -1.55. The van der Waals surface area contributed by atoms with Gasteiger partial charge in [-0.05, 0) is 31.2 Å². The molecule has 0 aliphatic carbocycles. The zero-order valence-electron chi connectivity index (χ0n) is 13.9. The minimum absolute atomic E-state index is 0.0143. The molecule has 0 aliphatic rings. The molecule has 26 heavy (non-hydrogen) atoms. The zero-order valence-corrected chi connectivity index (χ0v) is 13.9. The molecular formula is C19H16N2O5. The van der Waals surface area contributed by atoms with E-state index in [4.69, 9.17) is 9.15 Å². The number of urea groups is 1. The third kappa shape index (κ3) is 4.07. The number of hydrogen-bond donors (Lipinski definition) is 2. The number of furan rings is 1. The molecule has 3 amide bonds. The second-order valence-electron chi connectivity index (χ2n) is 5.51. The van der Waals surface area contributed by atoms with Crippen molar-refractivity contribution in [1.82, 2.24) is 5.32 Å². The Balaban J connectivity index is 1.56. The predicted molar refractivity (Wildman–Crippen MR) is 94.7 cm³/mol. The highest BCUT2D eigenvalue weighted by atomic mass is 16.6. The van der Waals surface area contributed by atoms with E-state index in [9.17, 15) is 14.4 Å². The molecule has 0 saturated carbocycles. The van der Waals surface area contributed by atoms with E-state index in [2.05, 4.69) is 10.6 Å². The SMILES string of the molecule is CC(OC(=O)c1cc2ccccc2o1)C(=O)NC(=O)Nc1ccccc1. The van der Waals surface area contributed by atoms with E-state index in [1.54, 1.807) is 48.5 Å². The Morgan fingerprint density at radius 2 is 1.69 bits per heavy atom. The van der Waals surface area contributed by atoms with Crippen molar-refractivity contribution in [2.24, 2.45) is 0 Å². The average Bonchev–Trinajstić information content (AvgIpc) is 3.06. The fraction of sp³-hybridized carbons (Fsp3) is 0.105. The first-order valence-electron chi connectivity index (χ1n) is 7.89. The van der Waals surface area contributed by atoms with Crippen LogP contribution < -0.4 is 10.6 Å². The third-order valence-electron chi connectivity index (χ3n) is 3.55. The molecule has 1 heterocycles. The van der Waals surface area contributed by atoms with Crippen LogP contribution in [0.15, 0.2) is 65.1 Å². The maximum atomic E-state index is 12.1. The van der Waals surface area contributed by atoms with Crippen LogP contribution in [0.2, 0.25) is 0 Å². The quantitative estimate of drug-likeness (QED) is 0.702. The lowest BCUT2D eigenvalue weighted by Gasteiger charge is -2.12. The van der Waals surface area contributed by atoms with Crippen molar-refractivity contribution in [3.63, 3.8) is 0 Å². The molecule has 0 spiro atoms. The highest BCUT2D eigenvalue weighted by Crippen LogP contribution is 2.19. The molecule has 1 atom stereocenters. The van der Waals surface area contributed by atoms with Gasteiger partial charge in [0.2, 0.25) is 5.76 Å². The van der Waals surface area contributed by atoms with E-state index in [-0.39, 0.29) is 5.76 Å². The van der Waals surface area contributed by atoms with Crippen LogP contribution in [0, 0.1) is 0 Å². The molecule has 0 aliphatic heterocycles. The van der Waals surface area contributed by atoms with Gasteiger partial charge >= 0.3 is 12.0 Å². The average molecular weight is 352 g/mol. The molecule has 2 aromatic carbocycles. The Morgan fingerprint density at radius 1 is 1.00 bits per heavy atom. The van der Waals surface area contributed by atoms with Crippen LogP contribution in [0.1, 0.15) is 17.5 Å². The summed E-state index contributed by atoms with van der Waals surface area (Å²) in [6.45, 7) is 1.37. The second kappa shape index (κ2) is 7.52. The maximum Gasteiger partial charge on any atom is 0.375 e. The number of hydrogen-bond acceptors (Lipinski definition) is 5. The number of para-hydroxylation sites is 2. The van der Waals surface area contributed by atoms with E-state index in [0.717, 1.165) is 5.39 Å². The van der Waals surface area contributed by atoms with Crippen molar-refractivity contribution in [2.75, 3.05) is 5.32 Å². The predicted octanol–water partition coefficient (Wildman–Crippen LogP) is 3.33. The van der Waals surface area contributed by atoms with Gasteiger partial charge in [-0.1, -0.05) is 36.4 Å². The number of esters is 1. The van der Waals surface area contributed by atoms with Gasteiger partial charge in [0.25, 0.3) is 5.91 Å². The van der Waals surface area contributed by atoms with Crippen LogP contribution in [0.5, 0.6) is 0 Å². The number of amides is 3. The molecule has 1 unspecified atom stereocenters. The van der Waals surface area contributed by atoms with Crippen molar-refractivity contribution in [3.05, 3.63) is 66.4 Å². The molecule has 7 nitrogen and oxygen atoms in total. The first-order valence-corrected chi connectivity index (χ1v) is 7.89. The number of carbonyl (C=O) groups is 3. The number of benzene rings is 2. The largest absolute Gasteiger partial charge is 0.449 e. The molecule has 7 heteroatoms. The van der Waals surface area contributed by atoms with Crippen LogP contribution in [0.4, 0.5) is 10.5 Å². The summed E-state index contributed by atoms with van der Waals surface area (Å²) >= 11 is 0. The lowest BCUT2D eigenvalue weighted by atomic mass is 10.2. The standard InChI is InChI=1S/C19H16N2O5/c1-12(17(22)21-19(24)20-14-8-3-2-4-9-14)25-18(23)16-11-13-7-5-6-10-15(13)26-16/h2-12H,1H3,(H2,20,21,22,24). The van der Waals surface area contributed by atoms with Gasteiger partial charge in [-0.15, -0.1) is 0 Å². The molecule has 0 saturated heterocycles. The number of anilines is 1. The number of rotatable bonds is 4. The van der Waals surface area contributed by atoms with Gasteiger partial charge in [0, 0.05) is 11.1 Å². The van der Waals surface area contributed by atoms with E-state index in [1.165, 1.54) is 13.0 Å². The first kappa shape index (κ1) is 17.2. The number of imide groups is 1. The first-order chi connectivity index (χ1) is 12.5. The van der Waals surface area contributed by atoms with Gasteiger partial charge in [0.1, 0.15) is 5.58 Å². The lowest BCUT2D eigenvalue weighted by molar-refractivity contribution is -0.127. The maximum absolute atomic E-state index is 12.1. The van der Waals surface area contributed by atoms with E-state index >= 15 is 0 Å². The molecule has 3 rings (SSSR count). The molecular weight excluding hydrogens is 336 g/mol. The van der Waals surface area contributed by atoms with E-state index < -0.39 is 24.0 Å². The molecule has 0 fully saturated rings. The van der Waals surface area contributed by atoms with Gasteiger partial charge in [0.15, 0.2) is 6.10 Å². The van der Waals surface area contributed by atoms with Crippen molar-refractivity contribution in [1.29, 1.82) is 0 Å². The summed E-state index contributed by atoms with van der Waals surface area (Å²) in [5, 5.41) is 5.36. The summed E-state index contributed by atoms with van der Waals surface area (Å²) in [4.78, 5) is 35.9. The Kier molecular flexibility index (Phi) is 4.98. The van der Waals surface area contributed by atoms with Crippen LogP contribution in [-0.2, 0) is 9.53 Å². The van der Waals surface area contributed by atoms with Gasteiger partial charge in [-0.3, -0.25) is 10.1 Å². The summed E-state index contributed by atoms with van der Waals surface area (Å²) in [7, 11) is 0. The Bertz CT molecular complexity index is 916. The van der Waals surface area contributed by atoms with Crippen molar-refractivity contribution >= 4 is 34.6 Å². The molecule has 3 aromatic rings. The smallest absolute Gasteiger partial charge is 0.375 e. The number of ether oxygens (including phenoxy) is 1. The highest BCUT2D eigenvalue weighted by Gasteiger charge is 2.23. The third-order valence-corrected chi connectivity index (χ3v) is 3.55. The Labute approximate surface area is 148 Å². The van der Waals surface area contributed by atoms with Crippen LogP contribution >= 0.6 is 0 Å². The minimum Gasteiger partial charge on any atom is -0.449 e. The van der Waals surface area contributed by atoms with Gasteiger partial charge < -0.3 is 14.5 Å². The van der Waals surface area contributed by atoms with Crippen LogP contribution in [0.25, 0.3) is 11.0 Å². The lowest BCUT2D eigenvalue weighted by Crippen LogP contribution is -2.41. The molecule has 0 bridgehead atoms. The topological polar surface area (TPSA) is 97.6 Å². The summed E-state index contributed by atoms with van der Waals surface area (Å²) in [5.41, 5.74) is 1.07. The summed E-state index contributed by atoms with van der Waals surface area (Å²) in [6.07, 6.45) is -1.17. The summed E-state index contributed by atoms with van der Waals surface area (Å²) < 4.78 is 10.4. The zero-order chi connectivity index (χ0) is 18.5. The minimum atomic E-state index is -1.17. The molecule has 0 radical (unpaired) electrons. The van der Waals surface area contributed by atoms with Crippen LogP contribution in [0.3, 0.4) is 0 Å².